The van der Waals surface area contributed by atoms with Crippen molar-refractivity contribution in [2.75, 3.05) is 23.7 Å². The molecule has 1 aromatic rings. The monoisotopic (exact) mass is 298 g/mol. The van der Waals surface area contributed by atoms with Gasteiger partial charge in [0.05, 0.1) is 12.8 Å². The third kappa shape index (κ3) is 3.04. The van der Waals surface area contributed by atoms with E-state index in [1.54, 1.807) is 12.1 Å². The molecular formula is C13H18N2O4S. The van der Waals surface area contributed by atoms with Crippen LogP contribution in [0.5, 0.6) is 0 Å². The average Bonchev–Trinajstić information content (AvgIpc) is 2.45. The van der Waals surface area contributed by atoms with Gasteiger partial charge in [0.15, 0.2) is 5.25 Å². The summed E-state index contributed by atoms with van der Waals surface area (Å²) in [4.78, 5) is 11.3. The molecule has 1 aliphatic heterocycles. The predicted molar refractivity (Wildman–Crippen MR) is 77.3 cm³/mol. The van der Waals surface area contributed by atoms with Gasteiger partial charge in [0.25, 0.3) is 0 Å². The Morgan fingerprint density at radius 3 is 2.90 bits per heavy atom. The van der Waals surface area contributed by atoms with Gasteiger partial charge in [-0.05, 0) is 37.5 Å². The normalized spacial score (nSPS) is 15.7. The first-order valence-electron chi connectivity index (χ1n) is 6.40. The summed E-state index contributed by atoms with van der Waals surface area (Å²) in [5.41, 5.74) is 2.54. The number of esters is 1. The van der Waals surface area contributed by atoms with Crippen molar-refractivity contribution < 1.29 is 17.9 Å². The third-order valence-corrected chi connectivity index (χ3v) is 4.95. The quantitative estimate of drug-likeness (QED) is 0.820. The van der Waals surface area contributed by atoms with E-state index in [-0.39, 0.29) is 0 Å². The van der Waals surface area contributed by atoms with Crippen LogP contribution in [0.25, 0.3) is 0 Å². The minimum atomic E-state index is -3.80. The maximum Gasteiger partial charge on any atom is 0.325 e. The highest BCUT2D eigenvalue weighted by molar-refractivity contribution is 7.94. The molecule has 1 atom stereocenters. The summed E-state index contributed by atoms with van der Waals surface area (Å²) in [6.07, 6.45) is 2.05. The van der Waals surface area contributed by atoms with E-state index in [0.29, 0.717) is 5.69 Å². The molecule has 0 radical (unpaired) electrons. The number of benzene rings is 1. The van der Waals surface area contributed by atoms with Gasteiger partial charge in [-0.25, -0.2) is 8.42 Å². The third-order valence-electron chi connectivity index (χ3n) is 3.31. The van der Waals surface area contributed by atoms with Gasteiger partial charge in [-0.2, -0.15) is 0 Å². The van der Waals surface area contributed by atoms with Crippen molar-refractivity contribution in [3.05, 3.63) is 23.8 Å². The number of carbonyl (C=O) groups is 1. The lowest BCUT2D eigenvalue weighted by Crippen LogP contribution is -2.33. The summed E-state index contributed by atoms with van der Waals surface area (Å²) in [6.45, 7) is 2.17. The van der Waals surface area contributed by atoms with Crippen LogP contribution in [0.2, 0.25) is 0 Å². The van der Waals surface area contributed by atoms with E-state index in [0.717, 1.165) is 32.2 Å². The zero-order valence-electron chi connectivity index (χ0n) is 11.5. The number of ether oxygens (including phenoxy) is 1. The van der Waals surface area contributed by atoms with Crippen molar-refractivity contribution in [1.29, 1.82) is 0 Å². The first-order chi connectivity index (χ1) is 9.44. The molecule has 110 valence electrons. The summed E-state index contributed by atoms with van der Waals surface area (Å²) >= 11 is 0. The molecule has 20 heavy (non-hydrogen) atoms. The number of aryl methyl sites for hydroxylation is 1. The van der Waals surface area contributed by atoms with Crippen LogP contribution in [0.3, 0.4) is 0 Å². The summed E-state index contributed by atoms with van der Waals surface area (Å²) in [7, 11) is -2.64. The van der Waals surface area contributed by atoms with E-state index in [2.05, 4.69) is 14.8 Å². The Bertz CT molecular complexity index is 613. The van der Waals surface area contributed by atoms with E-state index >= 15 is 0 Å². The fourth-order valence-corrected chi connectivity index (χ4v) is 3.05. The Morgan fingerprint density at radius 1 is 1.45 bits per heavy atom. The Kier molecular flexibility index (Phi) is 4.17. The Morgan fingerprint density at radius 2 is 2.20 bits per heavy atom. The van der Waals surface area contributed by atoms with Crippen LogP contribution in [0, 0.1) is 0 Å². The number of nitrogens with one attached hydrogen (secondary N) is 2. The van der Waals surface area contributed by atoms with Crippen molar-refractivity contribution in [2.45, 2.75) is 25.0 Å². The second-order valence-corrected chi connectivity index (χ2v) is 6.72. The zero-order valence-corrected chi connectivity index (χ0v) is 12.3. The van der Waals surface area contributed by atoms with Crippen LogP contribution in [-0.2, 0) is 26.0 Å². The first-order valence-corrected chi connectivity index (χ1v) is 7.95. The van der Waals surface area contributed by atoms with Gasteiger partial charge in [-0.15, -0.1) is 0 Å². The van der Waals surface area contributed by atoms with E-state index in [1.807, 2.05) is 6.07 Å². The smallest absolute Gasteiger partial charge is 0.325 e. The van der Waals surface area contributed by atoms with Gasteiger partial charge in [0.2, 0.25) is 10.0 Å². The molecule has 1 unspecified atom stereocenters. The maximum atomic E-state index is 12.0. The highest BCUT2D eigenvalue weighted by Gasteiger charge is 2.29. The van der Waals surface area contributed by atoms with Gasteiger partial charge in [-0.1, -0.05) is 6.07 Å². The van der Waals surface area contributed by atoms with Gasteiger partial charge < -0.3 is 10.1 Å². The fourth-order valence-electron chi connectivity index (χ4n) is 2.07. The first kappa shape index (κ1) is 14.6. The van der Waals surface area contributed by atoms with Crippen LogP contribution in [0.15, 0.2) is 18.2 Å². The van der Waals surface area contributed by atoms with Gasteiger partial charge >= 0.3 is 5.97 Å². The molecule has 0 fully saturated rings. The average molecular weight is 298 g/mol. The standard InChI is InChI=1S/C13H18N2O4S/c1-9(13(16)19-2)20(17,18)15-11-6-5-10-4-3-7-14-12(10)8-11/h5-6,8-9,14-15H,3-4,7H2,1-2H3. The molecule has 2 rings (SSSR count). The Labute approximate surface area is 118 Å². The number of rotatable bonds is 4. The second-order valence-electron chi connectivity index (χ2n) is 4.71. The molecule has 0 saturated heterocycles. The highest BCUT2D eigenvalue weighted by atomic mass is 32.2. The van der Waals surface area contributed by atoms with Crippen molar-refractivity contribution in [3.8, 4) is 0 Å². The van der Waals surface area contributed by atoms with Crippen LogP contribution in [-0.4, -0.2) is 33.3 Å². The molecular weight excluding hydrogens is 280 g/mol. The molecule has 0 aliphatic carbocycles. The summed E-state index contributed by atoms with van der Waals surface area (Å²) in [5.74, 6) is -0.784. The van der Waals surface area contributed by atoms with Gasteiger partial charge in [-0.3, -0.25) is 9.52 Å². The van der Waals surface area contributed by atoms with Crippen LogP contribution in [0.1, 0.15) is 18.9 Å². The number of hydrogen-bond acceptors (Lipinski definition) is 5. The molecule has 0 saturated carbocycles. The van der Waals surface area contributed by atoms with Crippen LogP contribution in [0.4, 0.5) is 11.4 Å². The number of sulfonamides is 1. The second kappa shape index (κ2) is 5.70. The molecule has 0 spiro atoms. The lowest BCUT2D eigenvalue weighted by molar-refractivity contribution is -0.139. The lowest BCUT2D eigenvalue weighted by Gasteiger charge is -2.19. The number of fused-ring (bicyclic) bond motifs is 1. The molecule has 1 aliphatic rings. The predicted octanol–water partition coefficient (Wildman–Crippen LogP) is 1.35. The summed E-state index contributed by atoms with van der Waals surface area (Å²) in [5, 5.41) is 1.97. The Hall–Kier alpha value is -1.76. The summed E-state index contributed by atoms with van der Waals surface area (Å²) in [6, 6.07) is 5.34. The molecule has 0 bridgehead atoms. The zero-order chi connectivity index (χ0) is 14.8. The maximum absolute atomic E-state index is 12.0. The molecule has 7 heteroatoms. The largest absolute Gasteiger partial charge is 0.468 e. The van der Waals surface area contributed by atoms with E-state index < -0.39 is 21.2 Å². The highest BCUT2D eigenvalue weighted by Crippen LogP contribution is 2.26. The molecule has 1 aromatic carbocycles. The number of carbonyl (C=O) groups excluding carboxylic acids is 1. The van der Waals surface area contributed by atoms with Gasteiger partial charge in [0, 0.05) is 12.2 Å². The topological polar surface area (TPSA) is 84.5 Å². The van der Waals surface area contributed by atoms with Crippen molar-refractivity contribution >= 4 is 27.4 Å². The number of methoxy groups -OCH3 is 1. The van der Waals surface area contributed by atoms with E-state index in [1.165, 1.54) is 12.5 Å². The Balaban J connectivity index is 2.19. The minimum absolute atomic E-state index is 0.439. The van der Waals surface area contributed by atoms with Gasteiger partial charge in [0.1, 0.15) is 0 Å². The molecule has 2 N–H and O–H groups in total. The fraction of sp³-hybridized carbons (Fsp3) is 0.462. The number of anilines is 2. The van der Waals surface area contributed by atoms with Crippen LogP contribution < -0.4 is 10.0 Å². The van der Waals surface area contributed by atoms with Crippen molar-refractivity contribution in [2.24, 2.45) is 0 Å². The minimum Gasteiger partial charge on any atom is -0.468 e. The molecule has 0 amide bonds. The SMILES string of the molecule is COC(=O)C(C)S(=O)(=O)Nc1ccc2c(c1)NCCC2. The van der Waals surface area contributed by atoms with Crippen molar-refractivity contribution in [1.82, 2.24) is 0 Å². The van der Waals surface area contributed by atoms with Crippen molar-refractivity contribution in [3.63, 3.8) is 0 Å². The van der Waals surface area contributed by atoms with E-state index in [4.69, 9.17) is 0 Å². The molecule has 6 nitrogen and oxygen atoms in total. The molecule has 0 aromatic heterocycles. The summed E-state index contributed by atoms with van der Waals surface area (Å²) < 4.78 is 30.9. The van der Waals surface area contributed by atoms with E-state index in [9.17, 15) is 13.2 Å². The lowest BCUT2D eigenvalue weighted by atomic mass is 10.0. The number of hydrogen-bond donors (Lipinski definition) is 2. The molecule has 1 heterocycles. The van der Waals surface area contributed by atoms with Crippen LogP contribution >= 0.6 is 0 Å².